The number of benzene rings is 2. The van der Waals surface area contributed by atoms with E-state index in [0.29, 0.717) is 6.61 Å². The maximum absolute atomic E-state index is 6.45. The van der Waals surface area contributed by atoms with Gasteiger partial charge in [0.15, 0.2) is 0 Å². The van der Waals surface area contributed by atoms with Crippen LogP contribution >= 0.6 is 0 Å². The van der Waals surface area contributed by atoms with Crippen molar-refractivity contribution >= 4 is 0 Å². The second-order valence-electron chi connectivity index (χ2n) is 14.4. The van der Waals surface area contributed by atoms with Gasteiger partial charge in [0.2, 0.25) is 0 Å². The molecule has 2 aromatic rings. The molecule has 0 fully saturated rings. The topological polar surface area (TPSA) is 18.5 Å². The molecule has 0 aliphatic heterocycles. The first kappa shape index (κ1) is 31.3. The van der Waals surface area contributed by atoms with E-state index in [-0.39, 0.29) is 21.7 Å². The number of hydrogen-bond acceptors (Lipinski definition) is 2. The minimum atomic E-state index is 0.0215. The molecule has 0 spiro atoms. The van der Waals surface area contributed by atoms with Crippen molar-refractivity contribution in [3.05, 3.63) is 57.6 Å². The molecule has 208 valence electrons. The predicted octanol–water partition coefficient (Wildman–Crippen LogP) is 9.95. The summed E-state index contributed by atoms with van der Waals surface area (Å²) < 4.78 is 12.6. The van der Waals surface area contributed by atoms with Crippen LogP contribution in [0.2, 0.25) is 0 Å². The van der Waals surface area contributed by atoms with Gasteiger partial charge in [0, 0.05) is 12.0 Å². The van der Waals surface area contributed by atoms with Crippen LogP contribution in [0.15, 0.2) is 24.3 Å². The van der Waals surface area contributed by atoms with Crippen LogP contribution in [-0.4, -0.2) is 13.7 Å². The van der Waals surface area contributed by atoms with Crippen molar-refractivity contribution in [2.45, 2.75) is 132 Å². The van der Waals surface area contributed by atoms with Gasteiger partial charge in [-0.1, -0.05) is 114 Å². The first-order valence-corrected chi connectivity index (χ1v) is 14.4. The van der Waals surface area contributed by atoms with Crippen molar-refractivity contribution < 1.29 is 9.47 Å². The number of hydrogen-bond donors (Lipinski definition) is 0. The van der Waals surface area contributed by atoms with Gasteiger partial charge < -0.3 is 9.47 Å². The molecule has 0 N–H and O–H groups in total. The highest BCUT2D eigenvalue weighted by Crippen LogP contribution is 2.43. The monoisotopic (exact) mass is 508 g/mol. The van der Waals surface area contributed by atoms with Gasteiger partial charge in [0.25, 0.3) is 0 Å². The molecule has 0 aromatic heterocycles. The fourth-order valence-corrected chi connectivity index (χ4v) is 4.81. The summed E-state index contributed by atoms with van der Waals surface area (Å²) in [5.41, 5.74) is 8.21. The van der Waals surface area contributed by atoms with Crippen LogP contribution in [0.4, 0.5) is 0 Å². The molecule has 0 saturated heterocycles. The highest BCUT2D eigenvalue weighted by atomic mass is 16.5. The molecule has 0 atom stereocenters. The summed E-state index contributed by atoms with van der Waals surface area (Å²) in [5.74, 6) is 2.09. The maximum atomic E-state index is 6.45. The smallest absolute Gasteiger partial charge is 0.126 e. The lowest BCUT2D eigenvalue weighted by Crippen LogP contribution is -2.21. The zero-order valence-electron chi connectivity index (χ0n) is 26.7. The number of ether oxygens (including phenoxy) is 2. The molecule has 0 bridgehead atoms. The second-order valence-corrected chi connectivity index (χ2v) is 14.4. The van der Waals surface area contributed by atoms with Gasteiger partial charge in [-0.25, -0.2) is 0 Å². The van der Waals surface area contributed by atoms with Crippen LogP contribution < -0.4 is 9.47 Å². The molecule has 2 heteroatoms. The Balaban J connectivity index is 2.89. The minimum Gasteiger partial charge on any atom is -0.496 e. The Bertz CT molecular complexity index is 1060. The van der Waals surface area contributed by atoms with Crippen LogP contribution in [0.5, 0.6) is 11.5 Å². The van der Waals surface area contributed by atoms with E-state index in [9.17, 15) is 0 Å². The van der Waals surface area contributed by atoms with Crippen molar-refractivity contribution in [3.8, 4) is 11.5 Å². The predicted molar refractivity (Wildman–Crippen MR) is 162 cm³/mol. The quantitative estimate of drug-likeness (QED) is 0.318. The fourth-order valence-electron chi connectivity index (χ4n) is 4.81. The van der Waals surface area contributed by atoms with Crippen molar-refractivity contribution in [1.29, 1.82) is 0 Å². The Labute approximate surface area is 229 Å². The van der Waals surface area contributed by atoms with Gasteiger partial charge in [0.1, 0.15) is 11.5 Å². The SMILES string of the molecule is CCOc1c(Cc2cc(C(C)(C)C)cc(C(C)(C)CC)c2OC)cc(C(C)(C)C)cc1CC(C)(C)CC. The normalized spacial score (nSPS) is 13.1. The molecule has 0 saturated carbocycles. The lowest BCUT2D eigenvalue weighted by Gasteiger charge is -2.31. The number of rotatable bonds is 10. The Hall–Kier alpha value is -1.96. The summed E-state index contributed by atoms with van der Waals surface area (Å²) in [6.07, 6.45) is 3.97. The Morgan fingerprint density at radius 2 is 1.11 bits per heavy atom. The van der Waals surface area contributed by atoms with Crippen LogP contribution in [0.3, 0.4) is 0 Å². The first-order chi connectivity index (χ1) is 16.9. The third-order valence-corrected chi connectivity index (χ3v) is 8.25. The molecule has 0 aliphatic carbocycles. The first-order valence-electron chi connectivity index (χ1n) is 14.4. The summed E-state index contributed by atoms with van der Waals surface area (Å²) in [6.45, 7) is 30.5. The van der Waals surface area contributed by atoms with E-state index in [1.807, 2.05) is 7.11 Å². The zero-order valence-corrected chi connectivity index (χ0v) is 26.7. The highest BCUT2D eigenvalue weighted by molar-refractivity contribution is 5.55. The molecule has 2 nitrogen and oxygen atoms in total. The molecule has 2 rings (SSSR count). The van der Waals surface area contributed by atoms with Gasteiger partial charge in [0.05, 0.1) is 13.7 Å². The van der Waals surface area contributed by atoms with Crippen LogP contribution in [-0.2, 0) is 29.1 Å². The molecule has 0 aliphatic rings. The van der Waals surface area contributed by atoms with Gasteiger partial charge in [-0.2, -0.15) is 0 Å². The molecule has 2 aromatic carbocycles. The van der Waals surface area contributed by atoms with Crippen LogP contribution in [0.25, 0.3) is 0 Å². The molecule has 0 radical (unpaired) electrons. The average molecular weight is 509 g/mol. The Kier molecular flexibility index (Phi) is 9.65. The van der Waals surface area contributed by atoms with E-state index in [1.165, 1.54) is 33.4 Å². The summed E-state index contributed by atoms with van der Waals surface area (Å²) in [4.78, 5) is 0. The largest absolute Gasteiger partial charge is 0.496 e. The highest BCUT2D eigenvalue weighted by Gasteiger charge is 2.29. The summed E-state index contributed by atoms with van der Waals surface area (Å²) >= 11 is 0. The van der Waals surface area contributed by atoms with Gasteiger partial charge >= 0.3 is 0 Å². The third kappa shape index (κ3) is 7.55. The van der Waals surface area contributed by atoms with Crippen molar-refractivity contribution in [3.63, 3.8) is 0 Å². The third-order valence-electron chi connectivity index (χ3n) is 8.25. The van der Waals surface area contributed by atoms with Crippen LogP contribution in [0, 0.1) is 5.41 Å². The van der Waals surface area contributed by atoms with Gasteiger partial charge in [-0.3, -0.25) is 0 Å². The lowest BCUT2D eigenvalue weighted by molar-refractivity contribution is 0.312. The van der Waals surface area contributed by atoms with E-state index >= 15 is 0 Å². The van der Waals surface area contributed by atoms with E-state index in [0.717, 1.165) is 37.2 Å². The standard InChI is InChI=1S/C35H56O2/c1-15-34(10,11)23-26-21-27(32(4,5)6)19-24(30(26)37-17-3)18-25-20-28(33(7,8)9)22-29(31(25)36-14)35(12,13)16-2/h19-22H,15-18,23H2,1-14H3. The van der Waals surface area contributed by atoms with Crippen LogP contribution in [0.1, 0.15) is 136 Å². The summed E-state index contributed by atoms with van der Waals surface area (Å²) in [7, 11) is 1.83. The molecule has 0 unspecified atom stereocenters. The summed E-state index contributed by atoms with van der Waals surface area (Å²) in [5, 5.41) is 0. The lowest BCUT2D eigenvalue weighted by atomic mass is 9.75. The van der Waals surface area contributed by atoms with Gasteiger partial charge in [-0.05, 0) is 69.2 Å². The second kappa shape index (κ2) is 11.4. The Morgan fingerprint density at radius 1 is 0.622 bits per heavy atom. The molecule has 37 heavy (non-hydrogen) atoms. The van der Waals surface area contributed by atoms with Crippen molar-refractivity contribution in [1.82, 2.24) is 0 Å². The molecular formula is C35H56O2. The molecule has 0 amide bonds. The Morgan fingerprint density at radius 3 is 1.54 bits per heavy atom. The maximum Gasteiger partial charge on any atom is 0.126 e. The summed E-state index contributed by atoms with van der Waals surface area (Å²) in [6, 6.07) is 9.56. The fraction of sp³-hybridized carbons (Fsp3) is 0.657. The zero-order chi connectivity index (χ0) is 28.4. The van der Waals surface area contributed by atoms with Crippen molar-refractivity contribution in [2.24, 2.45) is 5.41 Å². The molecular weight excluding hydrogens is 452 g/mol. The van der Waals surface area contributed by atoms with E-state index in [1.54, 1.807) is 0 Å². The molecule has 0 heterocycles. The number of methoxy groups -OCH3 is 1. The minimum absolute atomic E-state index is 0.0215. The van der Waals surface area contributed by atoms with E-state index in [2.05, 4.69) is 114 Å². The van der Waals surface area contributed by atoms with Crippen molar-refractivity contribution in [2.75, 3.05) is 13.7 Å². The van der Waals surface area contributed by atoms with Gasteiger partial charge in [-0.15, -0.1) is 0 Å². The van der Waals surface area contributed by atoms with E-state index < -0.39 is 0 Å². The average Bonchev–Trinajstić information content (AvgIpc) is 2.78. The van der Waals surface area contributed by atoms with E-state index in [4.69, 9.17) is 9.47 Å².